The van der Waals surface area contributed by atoms with E-state index in [1.165, 1.54) is 30.8 Å². The zero-order valence-corrected chi connectivity index (χ0v) is 9.56. The summed E-state index contributed by atoms with van der Waals surface area (Å²) in [5.74, 6) is -0.668. The number of carboxylic acids is 1. The van der Waals surface area contributed by atoms with Gasteiger partial charge in [0.2, 0.25) is 0 Å². The Kier molecular flexibility index (Phi) is 4.17. The van der Waals surface area contributed by atoms with Crippen LogP contribution in [0.15, 0.2) is 23.1 Å². The number of rotatable bonds is 4. The SMILES string of the molecule is CC(=O)CSc1cc(Cl)cc(C(=O)O)c1. The third-order valence-electron chi connectivity index (χ3n) is 1.56. The highest BCUT2D eigenvalue weighted by Crippen LogP contribution is 2.24. The van der Waals surface area contributed by atoms with Crippen molar-refractivity contribution in [2.45, 2.75) is 11.8 Å². The molecule has 1 aromatic carbocycles. The molecule has 1 aromatic rings. The van der Waals surface area contributed by atoms with Crippen molar-refractivity contribution in [1.82, 2.24) is 0 Å². The van der Waals surface area contributed by atoms with Gasteiger partial charge in [0.15, 0.2) is 0 Å². The first-order valence-electron chi connectivity index (χ1n) is 4.15. The summed E-state index contributed by atoms with van der Waals surface area (Å²) in [6, 6.07) is 4.52. The predicted octanol–water partition coefficient (Wildman–Crippen LogP) is 2.72. The van der Waals surface area contributed by atoms with Gasteiger partial charge in [0.25, 0.3) is 0 Å². The molecule has 80 valence electrons. The number of hydrogen-bond donors (Lipinski definition) is 1. The number of hydrogen-bond acceptors (Lipinski definition) is 3. The van der Waals surface area contributed by atoms with Crippen molar-refractivity contribution in [2.75, 3.05) is 5.75 Å². The minimum absolute atomic E-state index is 0.0388. The Balaban J connectivity index is 2.88. The van der Waals surface area contributed by atoms with Crippen molar-refractivity contribution in [1.29, 1.82) is 0 Å². The summed E-state index contributed by atoms with van der Waals surface area (Å²) in [6.45, 7) is 1.48. The monoisotopic (exact) mass is 244 g/mol. The fraction of sp³-hybridized carbons (Fsp3) is 0.200. The van der Waals surface area contributed by atoms with Crippen LogP contribution < -0.4 is 0 Å². The van der Waals surface area contributed by atoms with Crippen molar-refractivity contribution >= 4 is 35.1 Å². The van der Waals surface area contributed by atoms with Gasteiger partial charge in [0.05, 0.1) is 11.3 Å². The summed E-state index contributed by atoms with van der Waals surface area (Å²) >= 11 is 7.02. The van der Waals surface area contributed by atoms with E-state index in [1.807, 2.05) is 0 Å². The molecule has 0 fully saturated rings. The molecule has 0 amide bonds. The van der Waals surface area contributed by atoms with Gasteiger partial charge >= 0.3 is 5.97 Å². The van der Waals surface area contributed by atoms with Gasteiger partial charge in [0.1, 0.15) is 5.78 Å². The second kappa shape index (κ2) is 5.19. The number of halogens is 1. The van der Waals surface area contributed by atoms with Crippen molar-refractivity contribution in [2.24, 2.45) is 0 Å². The molecule has 0 aliphatic carbocycles. The Morgan fingerprint density at radius 3 is 2.60 bits per heavy atom. The summed E-state index contributed by atoms with van der Waals surface area (Å²) in [7, 11) is 0. The number of ketones is 1. The minimum Gasteiger partial charge on any atom is -0.478 e. The Bertz CT molecular complexity index is 404. The molecule has 3 nitrogen and oxygen atoms in total. The predicted molar refractivity (Wildman–Crippen MR) is 59.8 cm³/mol. The molecule has 0 unspecified atom stereocenters. The van der Waals surface area contributed by atoms with E-state index in [2.05, 4.69) is 0 Å². The van der Waals surface area contributed by atoms with E-state index < -0.39 is 5.97 Å². The molecule has 0 bridgehead atoms. The molecule has 15 heavy (non-hydrogen) atoms. The molecule has 0 heterocycles. The molecule has 0 spiro atoms. The lowest BCUT2D eigenvalue weighted by molar-refractivity contribution is -0.114. The quantitative estimate of drug-likeness (QED) is 0.828. The topological polar surface area (TPSA) is 54.4 Å². The average Bonchev–Trinajstić information content (AvgIpc) is 2.13. The molecule has 1 rings (SSSR count). The van der Waals surface area contributed by atoms with Gasteiger partial charge in [-0.3, -0.25) is 4.79 Å². The summed E-state index contributed by atoms with van der Waals surface area (Å²) in [5.41, 5.74) is 0.133. The van der Waals surface area contributed by atoms with Crippen molar-refractivity contribution in [3.63, 3.8) is 0 Å². The van der Waals surface area contributed by atoms with Crippen LogP contribution in [0.3, 0.4) is 0 Å². The molecule has 5 heteroatoms. The van der Waals surface area contributed by atoms with Crippen LogP contribution in [-0.2, 0) is 4.79 Å². The number of Topliss-reactive ketones (excluding diaryl/α,β-unsaturated/α-hetero) is 1. The van der Waals surface area contributed by atoms with Gasteiger partial charge in [0, 0.05) is 9.92 Å². The molecule has 0 aromatic heterocycles. The average molecular weight is 245 g/mol. The van der Waals surface area contributed by atoms with E-state index in [0.29, 0.717) is 15.7 Å². The summed E-state index contributed by atoms with van der Waals surface area (Å²) in [4.78, 5) is 22.1. The fourth-order valence-electron chi connectivity index (χ4n) is 0.954. The molecule has 0 radical (unpaired) electrons. The normalized spacial score (nSPS) is 10.0. The van der Waals surface area contributed by atoms with E-state index in [4.69, 9.17) is 16.7 Å². The fourth-order valence-corrected chi connectivity index (χ4v) is 2.04. The van der Waals surface area contributed by atoms with E-state index in [1.54, 1.807) is 6.07 Å². The molecular formula is C10H9ClO3S. The van der Waals surface area contributed by atoms with Crippen LogP contribution in [0.4, 0.5) is 0 Å². The lowest BCUT2D eigenvalue weighted by Gasteiger charge is -2.02. The largest absolute Gasteiger partial charge is 0.478 e. The highest BCUT2D eigenvalue weighted by Gasteiger charge is 2.07. The minimum atomic E-state index is -1.03. The van der Waals surface area contributed by atoms with Crippen LogP contribution in [0.1, 0.15) is 17.3 Å². The number of aromatic carboxylic acids is 1. The number of carbonyl (C=O) groups is 2. The smallest absolute Gasteiger partial charge is 0.335 e. The molecule has 0 saturated carbocycles. The molecule has 0 aliphatic rings. The van der Waals surface area contributed by atoms with Gasteiger partial charge in [-0.2, -0.15) is 0 Å². The first-order valence-corrected chi connectivity index (χ1v) is 5.51. The highest BCUT2D eigenvalue weighted by molar-refractivity contribution is 8.00. The molecule has 0 aliphatic heterocycles. The van der Waals surface area contributed by atoms with E-state index in [-0.39, 0.29) is 11.3 Å². The van der Waals surface area contributed by atoms with Gasteiger partial charge in [-0.15, -0.1) is 11.8 Å². The Labute approximate surface area is 96.4 Å². The van der Waals surface area contributed by atoms with Gasteiger partial charge < -0.3 is 5.11 Å². The first kappa shape index (κ1) is 12.1. The maximum atomic E-state index is 10.8. The maximum absolute atomic E-state index is 10.8. The van der Waals surface area contributed by atoms with E-state index in [0.717, 1.165) is 0 Å². The van der Waals surface area contributed by atoms with Crippen LogP contribution in [0.2, 0.25) is 5.02 Å². The van der Waals surface area contributed by atoms with Crippen molar-refractivity contribution < 1.29 is 14.7 Å². The van der Waals surface area contributed by atoms with E-state index >= 15 is 0 Å². The second-order valence-corrected chi connectivity index (χ2v) is 4.46. The number of benzene rings is 1. The van der Waals surface area contributed by atoms with Crippen LogP contribution >= 0.6 is 23.4 Å². The zero-order chi connectivity index (χ0) is 11.4. The third-order valence-corrected chi connectivity index (χ3v) is 2.90. The summed E-state index contributed by atoms with van der Waals surface area (Å²) in [6.07, 6.45) is 0. The molecular weight excluding hydrogens is 236 g/mol. The number of carboxylic acid groups (broad SMARTS) is 1. The molecule has 0 atom stereocenters. The second-order valence-electron chi connectivity index (χ2n) is 2.97. The van der Waals surface area contributed by atoms with Crippen LogP contribution in [-0.4, -0.2) is 22.6 Å². The van der Waals surface area contributed by atoms with Crippen molar-refractivity contribution in [3.05, 3.63) is 28.8 Å². The van der Waals surface area contributed by atoms with Gasteiger partial charge in [-0.1, -0.05) is 11.6 Å². The standard InChI is InChI=1S/C10H9ClO3S/c1-6(12)5-15-9-3-7(10(13)14)2-8(11)4-9/h2-4H,5H2,1H3,(H,13,14). The zero-order valence-electron chi connectivity index (χ0n) is 7.99. The summed E-state index contributed by atoms with van der Waals surface area (Å²) in [5, 5.41) is 9.14. The first-order chi connectivity index (χ1) is 6.99. The maximum Gasteiger partial charge on any atom is 0.335 e. The number of thioether (sulfide) groups is 1. The summed E-state index contributed by atoms with van der Waals surface area (Å²) < 4.78 is 0. The Morgan fingerprint density at radius 1 is 1.40 bits per heavy atom. The van der Waals surface area contributed by atoms with Gasteiger partial charge in [-0.25, -0.2) is 4.79 Å². The molecule has 0 saturated heterocycles. The Morgan fingerprint density at radius 2 is 2.07 bits per heavy atom. The highest BCUT2D eigenvalue weighted by atomic mass is 35.5. The van der Waals surface area contributed by atoms with Crippen LogP contribution in [0.25, 0.3) is 0 Å². The van der Waals surface area contributed by atoms with Crippen LogP contribution in [0.5, 0.6) is 0 Å². The van der Waals surface area contributed by atoms with E-state index in [9.17, 15) is 9.59 Å². The van der Waals surface area contributed by atoms with Gasteiger partial charge in [-0.05, 0) is 25.1 Å². The lowest BCUT2D eigenvalue weighted by Crippen LogP contribution is -1.97. The third kappa shape index (κ3) is 3.93. The van der Waals surface area contributed by atoms with Crippen LogP contribution in [0, 0.1) is 0 Å². The number of carbonyl (C=O) groups excluding carboxylic acids is 1. The Hall–Kier alpha value is -1.00. The van der Waals surface area contributed by atoms with Crippen molar-refractivity contribution in [3.8, 4) is 0 Å². The molecule has 1 N–H and O–H groups in total. The lowest BCUT2D eigenvalue weighted by atomic mass is 10.2.